The van der Waals surface area contributed by atoms with Gasteiger partial charge in [-0.2, -0.15) is 8.78 Å². The van der Waals surface area contributed by atoms with E-state index >= 15 is 0 Å². The summed E-state index contributed by atoms with van der Waals surface area (Å²) < 4.78 is 73.0. The van der Waals surface area contributed by atoms with E-state index in [9.17, 15) is 41.1 Å². The van der Waals surface area contributed by atoms with Crippen LogP contribution in [0, 0.1) is 29.1 Å². The minimum absolute atomic E-state index is 0.0690. The Labute approximate surface area is 233 Å². The number of Topliss-reactive ketones (excluding diaryl/α,β-unsaturated/α-hetero) is 1. The van der Waals surface area contributed by atoms with Crippen molar-refractivity contribution in [3.05, 3.63) is 94.6 Å². The molecule has 5 rings (SSSR count). The molecule has 4 aromatic rings. The van der Waals surface area contributed by atoms with E-state index in [2.05, 4.69) is 14.7 Å². The number of nitrogens with one attached hydrogen (secondary N) is 1. The van der Waals surface area contributed by atoms with Crippen LogP contribution in [0.4, 0.5) is 22.0 Å². The number of pyridine rings is 1. The molecular weight excluding hydrogens is 567 g/mol. The lowest BCUT2D eigenvalue weighted by molar-refractivity contribution is -0.130. The average molecular weight is 586 g/mol. The lowest BCUT2D eigenvalue weighted by Crippen LogP contribution is -2.56. The molecule has 1 saturated heterocycles. The summed E-state index contributed by atoms with van der Waals surface area (Å²) in [7, 11) is 0. The highest BCUT2D eigenvalue weighted by Crippen LogP contribution is 2.30. The van der Waals surface area contributed by atoms with Gasteiger partial charge < -0.3 is 19.5 Å². The monoisotopic (exact) mass is 586 g/mol. The molecule has 216 valence electrons. The number of aromatic nitrogens is 2. The van der Waals surface area contributed by atoms with Crippen LogP contribution in [-0.2, 0) is 4.79 Å². The summed E-state index contributed by atoms with van der Waals surface area (Å²) in [4.78, 5) is 61.3. The van der Waals surface area contributed by atoms with Crippen LogP contribution in [0.15, 0.2) is 48.8 Å². The second kappa shape index (κ2) is 11.0. The van der Waals surface area contributed by atoms with Gasteiger partial charge in [-0.15, -0.1) is 0 Å². The molecule has 0 bridgehead atoms. The Morgan fingerprint density at radius 1 is 0.881 bits per heavy atom. The molecule has 2 aromatic carbocycles. The van der Waals surface area contributed by atoms with Crippen LogP contribution >= 0.6 is 0 Å². The van der Waals surface area contributed by atoms with Gasteiger partial charge in [-0.05, 0) is 25.1 Å². The SMILES string of the molecule is CC1CN(C(=O)c2ccccc2)CCN1C(=O)C(=O)c1c[nH]c2c(C(=O)Oc3c(F)c(F)c(F)c(F)c3F)ccnc12. The number of carbonyl (C=O) groups is 4. The maximum absolute atomic E-state index is 14.0. The van der Waals surface area contributed by atoms with Crippen molar-refractivity contribution >= 4 is 34.6 Å². The third-order valence-electron chi connectivity index (χ3n) is 6.79. The zero-order chi connectivity index (χ0) is 30.3. The molecule has 2 amide bonds. The van der Waals surface area contributed by atoms with E-state index in [1.54, 1.807) is 42.2 Å². The Kier molecular flexibility index (Phi) is 7.45. The molecule has 0 radical (unpaired) electrons. The summed E-state index contributed by atoms with van der Waals surface area (Å²) in [5.74, 6) is -17.2. The second-order valence-corrected chi connectivity index (χ2v) is 9.37. The van der Waals surface area contributed by atoms with Crippen LogP contribution in [0.25, 0.3) is 11.0 Å². The van der Waals surface area contributed by atoms with Crippen molar-refractivity contribution in [1.82, 2.24) is 19.8 Å². The highest BCUT2D eigenvalue weighted by atomic mass is 19.2. The number of nitrogens with zero attached hydrogens (tertiary/aromatic N) is 3. The Bertz CT molecular complexity index is 1730. The van der Waals surface area contributed by atoms with Gasteiger partial charge in [0.15, 0.2) is 0 Å². The second-order valence-electron chi connectivity index (χ2n) is 9.37. The number of hydrogen-bond donors (Lipinski definition) is 1. The predicted molar refractivity (Wildman–Crippen MR) is 135 cm³/mol. The normalized spacial score (nSPS) is 15.1. The molecule has 0 saturated carbocycles. The van der Waals surface area contributed by atoms with Crippen LogP contribution in [0.2, 0.25) is 0 Å². The number of ether oxygens (including phenoxy) is 1. The third kappa shape index (κ3) is 4.84. The van der Waals surface area contributed by atoms with Gasteiger partial charge in [0.2, 0.25) is 34.8 Å². The maximum atomic E-state index is 14.0. The van der Waals surface area contributed by atoms with Gasteiger partial charge in [-0.3, -0.25) is 19.4 Å². The average Bonchev–Trinajstić information content (AvgIpc) is 3.44. The number of piperazine rings is 1. The fourth-order valence-corrected chi connectivity index (χ4v) is 4.64. The summed E-state index contributed by atoms with van der Waals surface area (Å²) in [5, 5.41) is 0. The molecule has 1 atom stereocenters. The van der Waals surface area contributed by atoms with Gasteiger partial charge in [0.1, 0.15) is 5.52 Å². The number of hydrogen-bond acceptors (Lipinski definition) is 6. The quantitative estimate of drug-likeness (QED) is 0.0719. The number of benzene rings is 2. The smallest absolute Gasteiger partial charge is 0.346 e. The first-order chi connectivity index (χ1) is 20.0. The molecule has 1 N–H and O–H groups in total. The Morgan fingerprint density at radius 2 is 1.52 bits per heavy atom. The van der Waals surface area contributed by atoms with E-state index in [0.29, 0.717) is 5.56 Å². The predicted octanol–water partition coefficient (Wildman–Crippen LogP) is 4.03. The summed E-state index contributed by atoms with van der Waals surface area (Å²) in [6.45, 7) is 2.10. The first-order valence-corrected chi connectivity index (χ1v) is 12.4. The lowest BCUT2D eigenvalue weighted by Gasteiger charge is -2.39. The number of aromatic amines is 1. The number of H-pyrrole nitrogens is 1. The largest absolute Gasteiger partial charge is 0.416 e. The molecule has 3 heterocycles. The molecule has 9 nitrogen and oxygen atoms in total. The molecule has 1 fully saturated rings. The van der Waals surface area contributed by atoms with Crippen LogP contribution in [0.3, 0.4) is 0 Å². The highest BCUT2D eigenvalue weighted by molar-refractivity contribution is 6.44. The van der Waals surface area contributed by atoms with Crippen molar-refractivity contribution < 1.29 is 45.9 Å². The molecule has 1 unspecified atom stereocenters. The standard InChI is InChI=1S/C28H19F5N4O5/c1-13-12-36(26(39)14-5-3-2-4-6-14)9-10-37(13)27(40)24(38)16-11-35-22-15(7-8-34-23(16)22)28(41)42-25-20(32)18(30)17(29)19(31)21(25)33/h2-8,11,13,35H,9-10,12H2,1H3. The molecule has 42 heavy (non-hydrogen) atoms. The van der Waals surface area contributed by atoms with Crippen LogP contribution in [0.5, 0.6) is 5.75 Å². The minimum Gasteiger partial charge on any atom is -0.416 e. The minimum atomic E-state index is -2.42. The number of amides is 2. The van der Waals surface area contributed by atoms with Gasteiger partial charge in [-0.1, -0.05) is 18.2 Å². The third-order valence-corrected chi connectivity index (χ3v) is 6.79. The van der Waals surface area contributed by atoms with Gasteiger partial charge in [0, 0.05) is 43.6 Å². The van der Waals surface area contributed by atoms with Gasteiger partial charge in [-0.25, -0.2) is 18.0 Å². The van der Waals surface area contributed by atoms with Crippen molar-refractivity contribution in [3.8, 4) is 5.75 Å². The van der Waals surface area contributed by atoms with Crippen molar-refractivity contribution in [3.63, 3.8) is 0 Å². The summed E-state index contributed by atoms with van der Waals surface area (Å²) in [5.41, 5.74) is -0.577. The molecule has 0 spiro atoms. The fraction of sp³-hybridized carbons (Fsp3) is 0.179. The summed E-state index contributed by atoms with van der Waals surface area (Å²) >= 11 is 0. The Hall–Kier alpha value is -5.14. The number of esters is 1. The van der Waals surface area contributed by atoms with Crippen molar-refractivity contribution in [2.75, 3.05) is 19.6 Å². The van der Waals surface area contributed by atoms with Crippen LogP contribution < -0.4 is 4.74 Å². The van der Waals surface area contributed by atoms with E-state index in [0.717, 1.165) is 18.5 Å². The van der Waals surface area contributed by atoms with Gasteiger partial charge in [0.05, 0.1) is 16.6 Å². The number of rotatable bonds is 5. The van der Waals surface area contributed by atoms with E-state index in [-0.39, 0.29) is 42.1 Å². The van der Waals surface area contributed by atoms with Gasteiger partial charge in [0.25, 0.3) is 17.6 Å². The van der Waals surface area contributed by atoms with E-state index < -0.39 is 64.1 Å². The maximum Gasteiger partial charge on any atom is 0.346 e. The first kappa shape index (κ1) is 28.4. The fourth-order valence-electron chi connectivity index (χ4n) is 4.64. The molecule has 1 aliphatic rings. The van der Waals surface area contributed by atoms with Crippen LogP contribution in [0.1, 0.15) is 38.0 Å². The van der Waals surface area contributed by atoms with Crippen molar-refractivity contribution in [2.24, 2.45) is 0 Å². The van der Waals surface area contributed by atoms with E-state index in [1.807, 2.05) is 0 Å². The number of carbonyl (C=O) groups excluding carboxylic acids is 4. The number of fused-ring (bicyclic) bond motifs is 1. The molecule has 14 heteroatoms. The zero-order valence-corrected chi connectivity index (χ0v) is 21.6. The van der Waals surface area contributed by atoms with Gasteiger partial charge >= 0.3 is 5.97 Å². The summed E-state index contributed by atoms with van der Waals surface area (Å²) in [6.07, 6.45) is 2.12. The van der Waals surface area contributed by atoms with Crippen molar-refractivity contribution in [1.29, 1.82) is 0 Å². The molecular formula is C28H19F5N4O5. The Balaban J connectivity index is 1.35. The lowest BCUT2D eigenvalue weighted by atomic mass is 10.1. The topological polar surface area (TPSA) is 113 Å². The van der Waals surface area contributed by atoms with Crippen LogP contribution in [-0.4, -0.2) is 69.0 Å². The first-order valence-electron chi connectivity index (χ1n) is 12.4. The molecule has 2 aromatic heterocycles. The highest BCUT2D eigenvalue weighted by Gasteiger charge is 2.35. The van der Waals surface area contributed by atoms with E-state index in [1.165, 1.54) is 4.90 Å². The Morgan fingerprint density at radius 3 is 2.17 bits per heavy atom. The van der Waals surface area contributed by atoms with E-state index in [4.69, 9.17) is 0 Å². The molecule has 1 aliphatic heterocycles. The molecule has 0 aliphatic carbocycles. The van der Waals surface area contributed by atoms with Crippen molar-refractivity contribution in [2.45, 2.75) is 13.0 Å². The zero-order valence-electron chi connectivity index (χ0n) is 21.6. The number of halogens is 5. The number of ketones is 1. The summed E-state index contributed by atoms with van der Waals surface area (Å²) in [6, 6.07) is 9.09.